The summed E-state index contributed by atoms with van der Waals surface area (Å²) in [4.78, 5) is 35.6. The molecule has 1 aliphatic carbocycles. The van der Waals surface area contributed by atoms with Gasteiger partial charge >= 0.3 is 19.8 Å². The molecule has 8 atom stereocenters. The standard InChI is InChI=1S/C41H79O13P.H3N/c1-3-5-7-9-11-13-15-17-19-21-23-25-27-29-34(42)51-31-33(32-52-55(49,50)54-41-39(47)37(45)36(44)38(46)40(41)48)53-35(43)30-28-26-24-22-20-18-16-14-12-10-8-6-4-2;/h33,36-41,44-48H,3-32H2,1-2H3,(H,49,50);1H3/t33-,36?,37-,38+,39+,40+,41?;/m1./s1. The molecule has 0 amide bonds. The van der Waals surface area contributed by atoms with E-state index in [4.69, 9.17) is 18.5 Å². The van der Waals surface area contributed by atoms with E-state index in [1.54, 1.807) is 0 Å². The third-order valence-electron chi connectivity index (χ3n) is 10.4. The molecule has 1 saturated carbocycles. The molecule has 0 aliphatic heterocycles. The average molecular weight is 828 g/mol. The third-order valence-corrected chi connectivity index (χ3v) is 11.4. The molecule has 0 aromatic carbocycles. The normalized spacial score (nSPS) is 22.6. The molecular weight excluding hydrogens is 745 g/mol. The summed E-state index contributed by atoms with van der Waals surface area (Å²) in [6, 6.07) is 0. The lowest BCUT2D eigenvalue weighted by Gasteiger charge is -2.41. The molecular formula is C41H82NO13P. The van der Waals surface area contributed by atoms with E-state index in [1.807, 2.05) is 0 Å². The Morgan fingerprint density at radius 3 is 1.20 bits per heavy atom. The van der Waals surface area contributed by atoms with E-state index in [2.05, 4.69) is 13.8 Å². The monoisotopic (exact) mass is 828 g/mol. The molecule has 0 aromatic rings. The van der Waals surface area contributed by atoms with E-state index in [0.717, 1.165) is 38.5 Å². The van der Waals surface area contributed by atoms with Crippen molar-refractivity contribution in [1.29, 1.82) is 0 Å². The SMILES string of the molecule is CCCCCCCCCCCCCCCC(=O)OC[C@H](COP(=O)(O)OC1[C@@H](O)[C@H](O)C(O)[C@H](O)[C@@H]1O)OC(=O)CCCCCCCCCCCCCCC.N. The lowest BCUT2D eigenvalue weighted by molar-refractivity contribution is -0.220. The highest BCUT2D eigenvalue weighted by Gasteiger charge is 2.51. The Morgan fingerprint density at radius 2 is 0.821 bits per heavy atom. The Morgan fingerprint density at radius 1 is 0.500 bits per heavy atom. The van der Waals surface area contributed by atoms with Crippen molar-refractivity contribution in [2.75, 3.05) is 13.2 Å². The summed E-state index contributed by atoms with van der Waals surface area (Å²) in [7, 11) is -5.10. The van der Waals surface area contributed by atoms with Crippen molar-refractivity contribution in [1.82, 2.24) is 6.15 Å². The van der Waals surface area contributed by atoms with Crippen molar-refractivity contribution in [3.8, 4) is 0 Å². The van der Waals surface area contributed by atoms with E-state index >= 15 is 0 Å². The van der Waals surface area contributed by atoms with Gasteiger partial charge in [0.05, 0.1) is 6.61 Å². The van der Waals surface area contributed by atoms with Gasteiger partial charge in [0.15, 0.2) is 6.10 Å². The van der Waals surface area contributed by atoms with Crippen molar-refractivity contribution in [3.05, 3.63) is 0 Å². The van der Waals surface area contributed by atoms with Gasteiger partial charge in [-0.15, -0.1) is 0 Å². The van der Waals surface area contributed by atoms with E-state index < -0.39 is 75.7 Å². The van der Waals surface area contributed by atoms with Gasteiger partial charge in [0, 0.05) is 12.8 Å². The van der Waals surface area contributed by atoms with Gasteiger partial charge in [0.1, 0.15) is 43.2 Å². The zero-order valence-corrected chi connectivity index (χ0v) is 35.8. The third kappa shape index (κ3) is 26.7. The molecule has 14 nitrogen and oxygen atoms in total. The van der Waals surface area contributed by atoms with Gasteiger partial charge in [-0.25, -0.2) is 4.57 Å². The fourth-order valence-electron chi connectivity index (χ4n) is 6.88. The maximum Gasteiger partial charge on any atom is 0.472 e. The Balaban J connectivity index is 0.0000302. The summed E-state index contributed by atoms with van der Waals surface area (Å²) in [6.07, 6.45) is 17.3. The molecule has 9 N–H and O–H groups in total. The fourth-order valence-corrected chi connectivity index (χ4v) is 7.85. The van der Waals surface area contributed by atoms with Crippen LogP contribution in [0.25, 0.3) is 0 Å². The summed E-state index contributed by atoms with van der Waals surface area (Å²) in [5.41, 5.74) is 0. The van der Waals surface area contributed by atoms with E-state index in [1.165, 1.54) is 116 Å². The van der Waals surface area contributed by atoms with Gasteiger partial charge in [-0.3, -0.25) is 18.6 Å². The van der Waals surface area contributed by atoms with Crippen LogP contribution in [-0.2, 0) is 32.7 Å². The van der Waals surface area contributed by atoms with Crippen LogP contribution >= 0.6 is 7.82 Å². The fraction of sp³-hybridized carbons (Fsp3) is 0.951. The summed E-state index contributed by atoms with van der Waals surface area (Å²) >= 11 is 0. The Bertz CT molecular complexity index is 993. The van der Waals surface area contributed by atoms with Crippen LogP contribution in [0, 0.1) is 0 Å². The maximum absolute atomic E-state index is 12.8. The molecule has 1 rings (SSSR count). The van der Waals surface area contributed by atoms with Gasteiger partial charge in [-0.2, -0.15) is 0 Å². The van der Waals surface area contributed by atoms with Gasteiger partial charge in [0.25, 0.3) is 0 Å². The van der Waals surface area contributed by atoms with Gasteiger partial charge in [-0.1, -0.05) is 168 Å². The van der Waals surface area contributed by atoms with Crippen LogP contribution in [-0.4, -0.2) is 98.3 Å². The molecule has 15 heteroatoms. The predicted molar refractivity (Wildman–Crippen MR) is 217 cm³/mol. The number of carbonyl (C=O) groups excluding carboxylic acids is 2. The predicted octanol–water partition coefficient (Wildman–Crippen LogP) is 7.89. The molecule has 0 aromatic heterocycles. The van der Waals surface area contributed by atoms with Crippen molar-refractivity contribution < 1.29 is 63.1 Å². The van der Waals surface area contributed by atoms with Crippen LogP contribution < -0.4 is 6.15 Å². The number of unbranched alkanes of at least 4 members (excludes halogenated alkanes) is 24. The van der Waals surface area contributed by atoms with Crippen molar-refractivity contribution >= 4 is 19.8 Å². The molecule has 0 radical (unpaired) electrons. The molecule has 0 heterocycles. The number of aliphatic hydroxyl groups excluding tert-OH is 5. The highest BCUT2D eigenvalue weighted by molar-refractivity contribution is 7.47. The highest BCUT2D eigenvalue weighted by atomic mass is 31.2. The second-order valence-electron chi connectivity index (χ2n) is 15.6. The molecule has 3 unspecified atom stereocenters. The minimum absolute atomic E-state index is 0. The number of phosphoric acid groups is 1. The molecule has 0 spiro atoms. The van der Waals surface area contributed by atoms with Crippen LogP contribution in [0.15, 0.2) is 0 Å². The molecule has 0 bridgehead atoms. The van der Waals surface area contributed by atoms with Gasteiger partial charge in [0.2, 0.25) is 0 Å². The second kappa shape index (κ2) is 34.7. The number of aliphatic hydroxyl groups is 5. The largest absolute Gasteiger partial charge is 0.472 e. The highest BCUT2D eigenvalue weighted by Crippen LogP contribution is 2.47. The van der Waals surface area contributed by atoms with Gasteiger partial charge < -0.3 is 46.1 Å². The number of ether oxygens (including phenoxy) is 2. The van der Waals surface area contributed by atoms with Crippen LogP contribution in [0.2, 0.25) is 0 Å². The zero-order valence-electron chi connectivity index (χ0n) is 34.9. The lowest BCUT2D eigenvalue weighted by Crippen LogP contribution is -2.64. The Labute approximate surface area is 338 Å². The zero-order chi connectivity index (χ0) is 40.7. The van der Waals surface area contributed by atoms with Crippen LogP contribution in [0.3, 0.4) is 0 Å². The van der Waals surface area contributed by atoms with Crippen molar-refractivity contribution in [2.24, 2.45) is 0 Å². The lowest BCUT2D eigenvalue weighted by atomic mass is 9.85. The first-order chi connectivity index (χ1) is 26.4. The van der Waals surface area contributed by atoms with Gasteiger partial charge in [-0.05, 0) is 12.8 Å². The van der Waals surface area contributed by atoms with Crippen molar-refractivity contribution in [3.63, 3.8) is 0 Å². The Hall–Kier alpha value is -1.19. The summed E-state index contributed by atoms with van der Waals surface area (Å²) in [6.45, 7) is 3.29. The molecule has 334 valence electrons. The number of rotatable bonds is 36. The first-order valence-electron chi connectivity index (χ1n) is 21.8. The summed E-state index contributed by atoms with van der Waals surface area (Å²) in [5.74, 6) is -1.09. The molecule has 1 aliphatic rings. The summed E-state index contributed by atoms with van der Waals surface area (Å²) < 4.78 is 33.4. The molecule has 56 heavy (non-hydrogen) atoms. The van der Waals surface area contributed by atoms with E-state index in [9.17, 15) is 44.6 Å². The van der Waals surface area contributed by atoms with E-state index in [0.29, 0.717) is 12.8 Å². The number of esters is 2. The van der Waals surface area contributed by atoms with E-state index in [-0.39, 0.29) is 19.0 Å². The van der Waals surface area contributed by atoms with Crippen LogP contribution in [0.1, 0.15) is 194 Å². The first kappa shape index (κ1) is 54.8. The van der Waals surface area contributed by atoms with Crippen LogP contribution in [0.5, 0.6) is 0 Å². The second-order valence-corrected chi connectivity index (χ2v) is 17.0. The summed E-state index contributed by atoms with van der Waals surface area (Å²) in [5, 5.41) is 50.0. The molecule has 1 fully saturated rings. The first-order valence-corrected chi connectivity index (χ1v) is 23.3. The minimum Gasteiger partial charge on any atom is -0.462 e. The molecule has 0 saturated heterocycles. The topological polar surface area (TPSA) is 245 Å². The van der Waals surface area contributed by atoms with Crippen LogP contribution in [0.4, 0.5) is 0 Å². The smallest absolute Gasteiger partial charge is 0.462 e. The maximum atomic E-state index is 12.8. The number of hydrogen-bond donors (Lipinski definition) is 7. The number of hydrogen-bond acceptors (Lipinski definition) is 13. The quantitative estimate of drug-likeness (QED) is 0.0180. The average Bonchev–Trinajstić information content (AvgIpc) is 3.16. The number of phosphoric ester groups is 1. The number of carbonyl (C=O) groups is 2. The Kier molecular flexibility index (Phi) is 33.9. The minimum atomic E-state index is -5.10. The van der Waals surface area contributed by atoms with Crippen molar-refractivity contribution in [2.45, 2.75) is 236 Å².